The molecule has 100 valence electrons. The topological polar surface area (TPSA) is 41.6 Å². The van der Waals surface area contributed by atoms with E-state index in [9.17, 15) is 0 Å². The van der Waals surface area contributed by atoms with Gasteiger partial charge >= 0.3 is 0 Å². The molecule has 20 heavy (non-hydrogen) atoms. The van der Waals surface area contributed by atoms with Gasteiger partial charge in [-0.05, 0) is 23.6 Å². The van der Waals surface area contributed by atoms with Crippen LogP contribution in [0.15, 0.2) is 59.8 Å². The Hall–Kier alpha value is -2.07. The normalized spacial score (nSPS) is 10.7. The number of nitrogens with zero attached hydrogens (tertiary/aromatic N) is 2. The Balaban J connectivity index is 1.69. The average molecular weight is 281 g/mol. The zero-order chi connectivity index (χ0) is 13.8. The number of thioether (sulfide) groups is 1. The van der Waals surface area contributed by atoms with Gasteiger partial charge in [0.15, 0.2) is 0 Å². The largest absolute Gasteiger partial charge is 0.197 e. The Bertz CT molecular complexity index is 658. The smallest absolute Gasteiger partial charge is 0.139 e. The second kappa shape index (κ2) is 5.92. The maximum atomic E-state index is 4.03. The molecule has 0 fully saturated rings. The lowest BCUT2D eigenvalue weighted by Gasteiger charge is -2.04. The molecule has 0 saturated carbocycles. The third kappa shape index (κ3) is 3.08. The van der Waals surface area contributed by atoms with Crippen molar-refractivity contribution in [3.63, 3.8) is 0 Å². The summed E-state index contributed by atoms with van der Waals surface area (Å²) in [5.74, 6) is 0.903. The Morgan fingerprint density at radius 1 is 0.950 bits per heavy atom. The molecule has 0 radical (unpaired) electrons. The van der Waals surface area contributed by atoms with Crippen LogP contribution in [0.5, 0.6) is 0 Å². The highest BCUT2D eigenvalue weighted by Crippen LogP contribution is 2.23. The van der Waals surface area contributed by atoms with Crippen molar-refractivity contribution < 1.29 is 0 Å². The molecule has 1 heterocycles. The molecular formula is C16H15N3S. The predicted octanol–water partition coefficient (Wildman–Crippen LogP) is 4.07. The highest BCUT2D eigenvalue weighted by Gasteiger charge is 2.01. The molecule has 3 aromatic rings. The van der Waals surface area contributed by atoms with E-state index in [1.807, 2.05) is 0 Å². The lowest BCUT2D eigenvalue weighted by molar-refractivity contribution is 0.911. The molecule has 0 saturated heterocycles. The van der Waals surface area contributed by atoms with Crippen molar-refractivity contribution in [1.82, 2.24) is 15.4 Å². The van der Waals surface area contributed by atoms with E-state index in [0.717, 1.165) is 10.8 Å². The number of aromatic amines is 1. The summed E-state index contributed by atoms with van der Waals surface area (Å²) in [5.41, 5.74) is 5.08. The van der Waals surface area contributed by atoms with Gasteiger partial charge in [-0.3, -0.25) is 0 Å². The molecule has 4 heteroatoms. The quantitative estimate of drug-likeness (QED) is 0.733. The monoisotopic (exact) mass is 281 g/mol. The van der Waals surface area contributed by atoms with Gasteiger partial charge in [-0.25, -0.2) is 0 Å². The average Bonchev–Trinajstić information content (AvgIpc) is 3.00. The summed E-state index contributed by atoms with van der Waals surface area (Å²) in [4.78, 5) is 0. The van der Waals surface area contributed by atoms with E-state index >= 15 is 0 Å². The van der Waals surface area contributed by atoms with E-state index in [2.05, 4.69) is 70.9 Å². The SMILES string of the molecule is Cc1ccc(-c2ccc(CSc3cn[nH]n3)cc2)cc1. The van der Waals surface area contributed by atoms with Crippen molar-refractivity contribution >= 4 is 11.8 Å². The molecule has 3 nitrogen and oxygen atoms in total. The van der Waals surface area contributed by atoms with Gasteiger partial charge in [-0.2, -0.15) is 10.3 Å². The maximum absolute atomic E-state index is 4.03. The first kappa shape index (κ1) is 12.9. The number of aryl methyl sites for hydroxylation is 1. The van der Waals surface area contributed by atoms with Crippen LogP contribution in [-0.2, 0) is 5.75 Å². The fourth-order valence-corrected chi connectivity index (χ4v) is 2.70. The van der Waals surface area contributed by atoms with E-state index in [4.69, 9.17) is 0 Å². The summed E-state index contributed by atoms with van der Waals surface area (Å²) in [6, 6.07) is 17.3. The van der Waals surface area contributed by atoms with Crippen LogP contribution in [0.4, 0.5) is 0 Å². The molecule has 2 aromatic carbocycles. The first-order chi connectivity index (χ1) is 9.81. The van der Waals surface area contributed by atoms with Crippen molar-refractivity contribution in [1.29, 1.82) is 0 Å². The van der Waals surface area contributed by atoms with E-state index in [0.29, 0.717) is 0 Å². The minimum absolute atomic E-state index is 0.903. The zero-order valence-corrected chi connectivity index (χ0v) is 12.0. The molecule has 0 unspecified atom stereocenters. The Morgan fingerprint density at radius 3 is 2.20 bits per heavy atom. The van der Waals surface area contributed by atoms with Crippen LogP contribution < -0.4 is 0 Å². The number of H-pyrrole nitrogens is 1. The fraction of sp³-hybridized carbons (Fsp3) is 0.125. The van der Waals surface area contributed by atoms with E-state index in [1.54, 1.807) is 18.0 Å². The van der Waals surface area contributed by atoms with Gasteiger partial charge in [0.2, 0.25) is 0 Å². The predicted molar refractivity (Wildman–Crippen MR) is 82.6 cm³/mol. The van der Waals surface area contributed by atoms with E-state index in [-0.39, 0.29) is 0 Å². The fourth-order valence-electron chi connectivity index (χ4n) is 1.96. The number of aromatic nitrogens is 3. The standard InChI is InChI=1S/C16H15N3S/c1-12-2-6-14(7-3-12)15-8-4-13(5-9-15)11-20-16-10-17-19-18-16/h2-10H,11H2,1H3,(H,17,18,19). The molecular weight excluding hydrogens is 266 g/mol. The number of nitrogens with one attached hydrogen (secondary N) is 1. The van der Waals surface area contributed by atoms with Gasteiger partial charge in [0.1, 0.15) is 5.03 Å². The highest BCUT2D eigenvalue weighted by molar-refractivity contribution is 7.98. The summed E-state index contributed by atoms with van der Waals surface area (Å²) in [7, 11) is 0. The van der Waals surface area contributed by atoms with Gasteiger partial charge in [-0.1, -0.05) is 65.9 Å². The highest BCUT2D eigenvalue weighted by atomic mass is 32.2. The van der Waals surface area contributed by atoms with E-state index < -0.39 is 0 Å². The van der Waals surface area contributed by atoms with Crippen molar-refractivity contribution in [3.05, 3.63) is 65.9 Å². The summed E-state index contributed by atoms with van der Waals surface area (Å²) in [6.07, 6.45) is 1.74. The van der Waals surface area contributed by atoms with Gasteiger partial charge in [0.05, 0.1) is 6.20 Å². The van der Waals surface area contributed by atoms with Crippen LogP contribution in [0.1, 0.15) is 11.1 Å². The molecule has 0 aliphatic rings. The molecule has 0 spiro atoms. The number of benzene rings is 2. The summed E-state index contributed by atoms with van der Waals surface area (Å²) in [6.45, 7) is 2.11. The van der Waals surface area contributed by atoms with Crippen LogP contribution in [0, 0.1) is 6.92 Å². The summed E-state index contributed by atoms with van der Waals surface area (Å²) < 4.78 is 0. The number of hydrogen-bond acceptors (Lipinski definition) is 3. The Kier molecular flexibility index (Phi) is 3.83. The van der Waals surface area contributed by atoms with Crippen LogP contribution in [-0.4, -0.2) is 15.4 Å². The molecule has 0 amide bonds. The van der Waals surface area contributed by atoms with Crippen molar-refractivity contribution in [2.75, 3.05) is 0 Å². The lowest BCUT2D eigenvalue weighted by atomic mass is 10.0. The number of rotatable bonds is 4. The Morgan fingerprint density at radius 2 is 1.60 bits per heavy atom. The lowest BCUT2D eigenvalue weighted by Crippen LogP contribution is -1.83. The van der Waals surface area contributed by atoms with Crippen molar-refractivity contribution in [3.8, 4) is 11.1 Å². The minimum Gasteiger partial charge on any atom is -0.197 e. The summed E-state index contributed by atoms with van der Waals surface area (Å²) >= 11 is 1.68. The minimum atomic E-state index is 0.903. The van der Waals surface area contributed by atoms with Gasteiger partial charge in [-0.15, -0.1) is 5.10 Å². The number of hydrogen-bond donors (Lipinski definition) is 1. The maximum Gasteiger partial charge on any atom is 0.139 e. The molecule has 3 rings (SSSR count). The first-order valence-corrected chi connectivity index (χ1v) is 7.44. The van der Waals surface area contributed by atoms with Gasteiger partial charge in [0, 0.05) is 5.75 Å². The first-order valence-electron chi connectivity index (χ1n) is 6.46. The second-order valence-corrected chi connectivity index (χ2v) is 5.66. The third-order valence-corrected chi connectivity index (χ3v) is 4.09. The van der Waals surface area contributed by atoms with Crippen molar-refractivity contribution in [2.24, 2.45) is 0 Å². The second-order valence-electron chi connectivity index (χ2n) is 4.66. The van der Waals surface area contributed by atoms with Crippen molar-refractivity contribution in [2.45, 2.75) is 17.7 Å². The molecule has 0 aliphatic heterocycles. The molecule has 0 bridgehead atoms. The van der Waals surface area contributed by atoms with Crippen LogP contribution in [0.3, 0.4) is 0 Å². The van der Waals surface area contributed by atoms with Gasteiger partial charge in [0.25, 0.3) is 0 Å². The van der Waals surface area contributed by atoms with Crippen LogP contribution >= 0.6 is 11.8 Å². The Labute approximate surface area is 122 Å². The van der Waals surface area contributed by atoms with Crippen LogP contribution in [0.2, 0.25) is 0 Å². The molecule has 0 aliphatic carbocycles. The molecule has 0 atom stereocenters. The van der Waals surface area contributed by atoms with E-state index in [1.165, 1.54) is 22.3 Å². The molecule has 1 N–H and O–H groups in total. The zero-order valence-electron chi connectivity index (χ0n) is 11.2. The third-order valence-electron chi connectivity index (χ3n) is 3.12. The van der Waals surface area contributed by atoms with Crippen LogP contribution in [0.25, 0.3) is 11.1 Å². The summed E-state index contributed by atoms with van der Waals surface area (Å²) in [5, 5.41) is 11.4. The van der Waals surface area contributed by atoms with Gasteiger partial charge < -0.3 is 0 Å². The molecule has 1 aromatic heterocycles.